The van der Waals surface area contributed by atoms with Crippen molar-refractivity contribution in [1.82, 2.24) is 19.8 Å². The quantitative estimate of drug-likeness (QED) is 0.114. The van der Waals surface area contributed by atoms with Gasteiger partial charge in [0.15, 0.2) is 0 Å². The van der Waals surface area contributed by atoms with Crippen LogP contribution in [0.3, 0.4) is 0 Å². The maximum Gasteiger partial charge on any atom is 0.321 e. The first-order chi connectivity index (χ1) is 27.1. The average Bonchev–Trinajstić information content (AvgIpc) is 3.82. The summed E-state index contributed by atoms with van der Waals surface area (Å²) in [4.78, 5) is 53.1. The number of rotatable bonds is 12. The summed E-state index contributed by atoms with van der Waals surface area (Å²) < 4.78 is 10.6. The Bertz CT molecular complexity index is 2130. The molecule has 0 saturated carbocycles. The van der Waals surface area contributed by atoms with Crippen LogP contribution in [0.2, 0.25) is 0 Å². The highest BCUT2D eigenvalue weighted by molar-refractivity contribution is 6.03. The van der Waals surface area contributed by atoms with Crippen molar-refractivity contribution in [2.75, 3.05) is 10.6 Å². The number of aryl methyl sites for hydroxylation is 2. The van der Waals surface area contributed by atoms with E-state index in [1.807, 2.05) is 60.7 Å². The predicted octanol–water partition coefficient (Wildman–Crippen LogP) is 6.17. The topological polar surface area (TPSA) is 174 Å². The number of aromatic nitrogens is 2. The maximum absolute atomic E-state index is 15.2. The summed E-state index contributed by atoms with van der Waals surface area (Å²) in [7, 11) is 0. The summed E-state index contributed by atoms with van der Waals surface area (Å²) in [5.74, 6) is -0.891. The summed E-state index contributed by atoms with van der Waals surface area (Å²) in [6, 6.07) is 30.6. The van der Waals surface area contributed by atoms with Crippen molar-refractivity contribution in [3.63, 3.8) is 0 Å². The Labute approximate surface area is 323 Å². The van der Waals surface area contributed by atoms with Crippen molar-refractivity contribution in [3.05, 3.63) is 166 Å². The SMILES string of the molecule is Cc1coc(NC(=O)c2cccc(CN3C(=O)N(Cc4cccc(C(=O)Nc5nc(C)co5)c4)[C@H](Cc4ccccc4)[C@H](O)[C@@H](O)[C@H]3Cc3ccccc3)c2)n1. The number of urea groups is 1. The number of carbonyl (C=O) groups excluding carboxylic acids is 3. The molecule has 1 aliphatic rings. The summed E-state index contributed by atoms with van der Waals surface area (Å²) in [5.41, 5.74) is 4.83. The number of nitrogens with zero attached hydrogens (tertiary/aromatic N) is 4. The molecule has 4 N–H and O–H groups in total. The van der Waals surface area contributed by atoms with Crippen molar-refractivity contribution in [3.8, 4) is 0 Å². The number of hydrogen-bond acceptors (Lipinski definition) is 9. The molecule has 13 nitrogen and oxygen atoms in total. The van der Waals surface area contributed by atoms with E-state index >= 15 is 4.79 Å². The third kappa shape index (κ3) is 8.86. The van der Waals surface area contributed by atoms with E-state index in [1.165, 1.54) is 12.5 Å². The summed E-state index contributed by atoms with van der Waals surface area (Å²) in [6.07, 6.45) is 0.639. The van der Waals surface area contributed by atoms with Gasteiger partial charge < -0.3 is 28.8 Å². The summed E-state index contributed by atoms with van der Waals surface area (Å²) in [5, 5.41) is 29.6. The first kappa shape index (κ1) is 37.7. The molecule has 1 aliphatic heterocycles. The highest BCUT2D eigenvalue weighted by Crippen LogP contribution is 2.30. The number of amides is 4. The summed E-state index contributed by atoms with van der Waals surface area (Å²) in [6.45, 7) is 3.51. The number of carbonyl (C=O) groups is 3. The molecule has 4 aromatic carbocycles. The third-order valence-corrected chi connectivity index (χ3v) is 9.77. The predicted molar refractivity (Wildman–Crippen MR) is 208 cm³/mol. The molecule has 0 aliphatic carbocycles. The van der Waals surface area contributed by atoms with E-state index in [4.69, 9.17) is 8.83 Å². The van der Waals surface area contributed by atoms with Gasteiger partial charge in [0, 0.05) is 24.2 Å². The Morgan fingerprint density at radius 3 is 1.38 bits per heavy atom. The van der Waals surface area contributed by atoms with Crippen molar-refractivity contribution in [2.45, 2.75) is 64.1 Å². The standard InChI is InChI=1S/C43H42N6O7/c1-27-25-55-41(44-27)46-39(52)33-17-9-15-31(19-33)23-48-35(21-29-11-5-3-6-12-29)37(50)38(51)36(22-30-13-7-4-8-14-30)49(43(48)54)24-32-16-10-18-34(20-32)40(53)47-42-45-28(2)26-56-42/h3-20,25-26,35-38,50-51H,21-24H2,1-2H3,(H,44,46,52)(H,45,47,53)/t35-,36-,37+,38+/m1/s1. The second kappa shape index (κ2) is 16.8. The van der Waals surface area contributed by atoms with E-state index in [9.17, 15) is 19.8 Å². The number of aliphatic hydroxyl groups is 2. The molecular weight excluding hydrogens is 713 g/mol. The van der Waals surface area contributed by atoms with E-state index in [2.05, 4.69) is 20.6 Å². The Kier molecular flexibility index (Phi) is 11.3. The van der Waals surface area contributed by atoms with Gasteiger partial charge in [-0.1, -0.05) is 84.9 Å². The fourth-order valence-electron chi connectivity index (χ4n) is 6.99. The monoisotopic (exact) mass is 754 g/mol. The number of nitrogens with one attached hydrogen (secondary N) is 2. The normalized spacial score (nSPS) is 18.4. The molecule has 1 fully saturated rings. The van der Waals surface area contributed by atoms with Gasteiger partial charge in [0.2, 0.25) is 0 Å². The lowest BCUT2D eigenvalue weighted by molar-refractivity contribution is -0.0408. The number of hydrogen-bond donors (Lipinski definition) is 4. The molecule has 4 atom stereocenters. The summed E-state index contributed by atoms with van der Waals surface area (Å²) >= 11 is 0. The van der Waals surface area contributed by atoms with Crippen molar-refractivity contribution < 1.29 is 33.4 Å². The van der Waals surface area contributed by atoms with Crippen LogP contribution in [0, 0.1) is 13.8 Å². The van der Waals surface area contributed by atoms with Gasteiger partial charge in [-0.25, -0.2) is 4.79 Å². The van der Waals surface area contributed by atoms with Gasteiger partial charge in [0.1, 0.15) is 24.7 Å². The zero-order valence-corrected chi connectivity index (χ0v) is 30.9. The molecule has 2 aromatic heterocycles. The lowest BCUT2D eigenvalue weighted by Gasteiger charge is -2.36. The maximum atomic E-state index is 15.2. The van der Waals surface area contributed by atoms with Crippen LogP contribution in [0.4, 0.5) is 16.8 Å². The minimum Gasteiger partial charge on any atom is -0.432 e. The number of benzene rings is 4. The second-order valence-corrected chi connectivity index (χ2v) is 13.9. The average molecular weight is 755 g/mol. The highest BCUT2D eigenvalue weighted by Gasteiger charge is 2.46. The van der Waals surface area contributed by atoms with Crippen LogP contribution >= 0.6 is 0 Å². The molecule has 0 bridgehead atoms. The van der Waals surface area contributed by atoms with Crippen LogP contribution < -0.4 is 10.6 Å². The van der Waals surface area contributed by atoms with Gasteiger partial charge in [-0.3, -0.25) is 20.2 Å². The Balaban J connectivity index is 1.25. The van der Waals surface area contributed by atoms with Crippen LogP contribution in [0.5, 0.6) is 0 Å². The molecule has 0 radical (unpaired) electrons. The minimum atomic E-state index is -1.36. The lowest BCUT2D eigenvalue weighted by atomic mass is 9.90. The molecule has 4 amide bonds. The van der Waals surface area contributed by atoms with Crippen molar-refractivity contribution >= 4 is 29.9 Å². The molecule has 0 unspecified atom stereocenters. The van der Waals surface area contributed by atoms with Crippen LogP contribution in [-0.2, 0) is 25.9 Å². The number of anilines is 2. The van der Waals surface area contributed by atoms with Gasteiger partial charge in [-0.2, -0.15) is 9.97 Å². The lowest BCUT2D eigenvalue weighted by Crippen LogP contribution is -2.50. The van der Waals surface area contributed by atoms with Crippen LogP contribution in [0.1, 0.15) is 54.4 Å². The first-order valence-corrected chi connectivity index (χ1v) is 18.3. The zero-order chi connectivity index (χ0) is 39.2. The van der Waals surface area contributed by atoms with E-state index < -0.39 is 42.1 Å². The van der Waals surface area contributed by atoms with Crippen LogP contribution in [-0.4, -0.2) is 72.1 Å². The largest absolute Gasteiger partial charge is 0.432 e. The van der Waals surface area contributed by atoms with E-state index in [0.717, 1.165) is 11.1 Å². The van der Waals surface area contributed by atoms with E-state index in [1.54, 1.807) is 72.2 Å². The molecule has 7 rings (SSSR count). The van der Waals surface area contributed by atoms with Crippen LogP contribution in [0.25, 0.3) is 0 Å². The highest BCUT2D eigenvalue weighted by atomic mass is 16.4. The molecular formula is C43H42N6O7. The van der Waals surface area contributed by atoms with E-state index in [0.29, 0.717) is 33.6 Å². The Morgan fingerprint density at radius 2 is 1.00 bits per heavy atom. The van der Waals surface area contributed by atoms with Gasteiger partial charge in [0.05, 0.1) is 23.5 Å². The van der Waals surface area contributed by atoms with Gasteiger partial charge >= 0.3 is 18.1 Å². The minimum absolute atomic E-state index is 0.00586. The third-order valence-electron chi connectivity index (χ3n) is 9.77. The first-order valence-electron chi connectivity index (χ1n) is 18.3. The Hall–Kier alpha value is -6.57. The molecule has 13 heteroatoms. The fraction of sp³-hybridized carbons (Fsp3) is 0.233. The molecule has 3 heterocycles. The molecule has 1 saturated heterocycles. The van der Waals surface area contributed by atoms with Gasteiger partial charge in [-0.05, 0) is 73.2 Å². The molecule has 286 valence electrons. The van der Waals surface area contributed by atoms with Crippen molar-refractivity contribution in [2.24, 2.45) is 0 Å². The van der Waals surface area contributed by atoms with Gasteiger partial charge in [0.25, 0.3) is 11.8 Å². The molecule has 0 spiro atoms. The van der Waals surface area contributed by atoms with Gasteiger partial charge in [-0.15, -0.1) is 0 Å². The van der Waals surface area contributed by atoms with Crippen LogP contribution in [0.15, 0.2) is 131 Å². The Morgan fingerprint density at radius 1 is 0.607 bits per heavy atom. The molecule has 56 heavy (non-hydrogen) atoms. The fourth-order valence-corrected chi connectivity index (χ4v) is 6.99. The zero-order valence-electron chi connectivity index (χ0n) is 30.9. The number of oxazole rings is 2. The smallest absolute Gasteiger partial charge is 0.321 e. The number of aliphatic hydroxyl groups excluding tert-OH is 2. The van der Waals surface area contributed by atoms with E-state index in [-0.39, 0.29) is 38.0 Å². The van der Waals surface area contributed by atoms with Crippen molar-refractivity contribution in [1.29, 1.82) is 0 Å². The molecule has 6 aromatic rings. The second-order valence-electron chi connectivity index (χ2n) is 13.9.